The fourth-order valence-electron chi connectivity index (χ4n) is 1.70. The van der Waals surface area contributed by atoms with Crippen LogP contribution < -0.4 is 4.74 Å². The molecule has 0 spiro atoms. The second-order valence-electron chi connectivity index (χ2n) is 4.60. The molecule has 1 heterocycles. The number of nitrogens with zero attached hydrogens (tertiary/aromatic N) is 4. The van der Waals surface area contributed by atoms with Crippen molar-refractivity contribution in [2.45, 2.75) is 19.4 Å². The van der Waals surface area contributed by atoms with Crippen molar-refractivity contribution in [1.29, 1.82) is 0 Å². The van der Waals surface area contributed by atoms with Gasteiger partial charge in [-0.15, -0.1) is 5.10 Å². The average molecular weight is 280 g/mol. The van der Waals surface area contributed by atoms with Crippen LogP contribution in [0.4, 0.5) is 4.39 Å². The summed E-state index contributed by atoms with van der Waals surface area (Å²) in [7, 11) is 1.38. The maximum Gasteiger partial charge on any atom is 0.331 e. The normalized spacial score (nSPS) is 11.4. The number of hydrogen-bond donors (Lipinski definition) is 1. The number of halogens is 1. The van der Waals surface area contributed by atoms with Gasteiger partial charge in [-0.05, 0) is 36.4 Å². The topological polar surface area (TPSA) is 90.1 Å². The highest BCUT2D eigenvalue weighted by atomic mass is 19.1. The molecule has 0 aliphatic rings. The zero-order chi connectivity index (χ0) is 14.9. The Morgan fingerprint density at radius 2 is 2.15 bits per heavy atom. The number of ether oxygens (including phenoxy) is 1. The van der Waals surface area contributed by atoms with Crippen molar-refractivity contribution in [2.75, 3.05) is 7.11 Å². The van der Waals surface area contributed by atoms with E-state index >= 15 is 0 Å². The van der Waals surface area contributed by atoms with Gasteiger partial charge in [0.1, 0.15) is 11.6 Å². The Morgan fingerprint density at radius 1 is 1.45 bits per heavy atom. The van der Waals surface area contributed by atoms with Crippen molar-refractivity contribution in [3.05, 3.63) is 24.0 Å². The minimum atomic E-state index is -1.42. The van der Waals surface area contributed by atoms with Gasteiger partial charge in [-0.3, -0.25) is 0 Å². The minimum absolute atomic E-state index is 0.00708. The number of aliphatic carboxylic acids is 1. The Labute approximate surface area is 114 Å². The maximum atomic E-state index is 14.0. The van der Waals surface area contributed by atoms with E-state index in [2.05, 4.69) is 15.5 Å². The number of aromatic nitrogens is 4. The molecule has 0 fully saturated rings. The lowest BCUT2D eigenvalue weighted by Crippen LogP contribution is -2.37. The number of rotatable bonds is 4. The van der Waals surface area contributed by atoms with E-state index in [9.17, 15) is 14.3 Å². The average Bonchev–Trinajstić information content (AvgIpc) is 2.87. The number of carboxylic acids is 1. The highest BCUT2D eigenvalue weighted by Crippen LogP contribution is 2.32. The number of carbonyl (C=O) groups is 1. The lowest BCUT2D eigenvalue weighted by Gasteiger charge is -2.21. The van der Waals surface area contributed by atoms with Gasteiger partial charge in [-0.25, -0.2) is 13.9 Å². The molecule has 0 amide bonds. The van der Waals surface area contributed by atoms with Crippen LogP contribution in [0.15, 0.2) is 18.2 Å². The molecule has 20 heavy (non-hydrogen) atoms. The summed E-state index contributed by atoms with van der Waals surface area (Å²) in [5.41, 5.74) is -1.40. The lowest BCUT2D eigenvalue weighted by molar-refractivity contribution is -0.146. The zero-order valence-electron chi connectivity index (χ0n) is 11.2. The monoisotopic (exact) mass is 280 g/mol. The van der Waals surface area contributed by atoms with Gasteiger partial charge in [0, 0.05) is 0 Å². The summed E-state index contributed by atoms with van der Waals surface area (Å²) in [6.07, 6.45) is 0. The summed E-state index contributed by atoms with van der Waals surface area (Å²) in [5.74, 6) is -1.52. The molecule has 1 aromatic heterocycles. The van der Waals surface area contributed by atoms with E-state index in [1.165, 1.54) is 33.1 Å². The van der Waals surface area contributed by atoms with E-state index in [-0.39, 0.29) is 17.1 Å². The Morgan fingerprint density at radius 3 is 2.75 bits per heavy atom. The third-order valence-electron chi connectivity index (χ3n) is 2.94. The first-order chi connectivity index (χ1) is 9.39. The smallest absolute Gasteiger partial charge is 0.331 e. The molecular weight excluding hydrogens is 267 g/mol. The molecule has 7 nitrogen and oxygen atoms in total. The largest absolute Gasteiger partial charge is 0.496 e. The van der Waals surface area contributed by atoms with E-state index in [1.807, 2.05) is 0 Å². The first-order valence-corrected chi connectivity index (χ1v) is 5.74. The summed E-state index contributed by atoms with van der Waals surface area (Å²) in [5, 5.41) is 20.1. The van der Waals surface area contributed by atoms with Crippen molar-refractivity contribution in [2.24, 2.45) is 0 Å². The predicted octanol–water partition coefficient (Wildman–Crippen LogP) is 1.31. The van der Waals surface area contributed by atoms with E-state index in [1.54, 1.807) is 6.07 Å². The van der Waals surface area contributed by atoms with Gasteiger partial charge in [0.2, 0.25) is 0 Å². The molecule has 1 aromatic carbocycles. The van der Waals surface area contributed by atoms with Gasteiger partial charge < -0.3 is 9.84 Å². The fraction of sp³-hybridized carbons (Fsp3) is 0.333. The number of tetrazole rings is 1. The molecular formula is C12H13FN4O3. The van der Waals surface area contributed by atoms with Gasteiger partial charge in [0.25, 0.3) is 0 Å². The molecule has 2 rings (SSSR count). The zero-order valence-corrected chi connectivity index (χ0v) is 11.2. The van der Waals surface area contributed by atoms with Crippen molar-refractivity contribution < 1.29 is 19.0 Å². The lowest BCUT2D eigenvalue weighted by atomic mass is 10.1. The molecule has 1 N–H and O–H groups in total. The van der Waals surface area contributed by atoms with Crippen LogP contribution in [0.3, 0.4) is 0 Å². The van der Waals surface area contributed by atoms with Crippen LogP contribution in [-0.4, -0.2) is 38.4 Å². The Balaban J connectivity index is 2.68. The van der Waals surface area contributed by atoms with Crippen LogP contribution in [0.25, 0.3) is 11.4 Å². The second kappa shape index (κ2) is 4.87. The van der Waals surface area contributed by atoms with E-state index in [4.69, 9.17) is 4.74 Å². The first kappa shape index (κ1) is 13.9. The SMILES string of the molecule is COc1cccc(F)c1-c1nnnn1C(C)(C)C(=O)O. The van der Waals surface area contributed by atoms with Gasteiger partial charge in [0.15, 0.2) is 11.4 Å². The number of benzene rings is 1. The third kappa shape index (κ3) is 2.09. The molecule has 106 valence electrons. The van der Waals surface area contributed by atoms with E-state index in [0.29, 0.717) is 0 Å². The predicted molar refractivity (Wildman–Crippen MR) is 66.7 cm³/mol. The standard InChI is InChI=1S/C12H13FN4O3/c1-12(2,11(18)19)17-10(14-15-16-17)9-7(13)5-4-6-8(9)20-3/h4-6H,1-3H3,(H,18,19). The van der Waals surface area contributed by atoms with Crippen LogP contribution in [0.5, 0.6) is 5.75 Å². The van der Waals surface area contributed by atoms with Gasteiger partial charge >= 0.3 is 5.97 Å². The highest BCUT2D eigenvalue weighted by Gasteiger charge is 2.35. The summed E-state index contributed by atoms with van der Waals surface area (Å²) in [6, 6.07) is 4.25. The number of carboxylic acid groups (broad SMARTS) is 1. The first-order valence-electron chi connectivity index (χ1n) is 5.74. The molecule has 0 aliphatic heterocycles. The van der Waals surface area contributed by atoms with Crippen LogP contribution in [0, 0.1) is 5.82 Å². The van der Waals surface area contributed by atoms with Gasteiger partial charge in [-0.1, -0.05) is 6.07 Å². The van der Waals surface area contributed by atoms with Crippen molar-refractivity contribution >= 4 is 5.97 Å². The highest BCUT2D eigenvalue weighted by molar-refractivity contribution is 5.77. The van der Waals surface area contributed by atoms with Crippen LogP contribution in [0.1, 0.15) is 13.8 Å². The Kier molecular flexibility index (Phi) is 3.39. The quantitative estimate of drug-likeness (QED) is 0.908. The second-order valence-corrected chi connectivity index (χ2v) is 4.60. The van der Waals surface area contributed by atoms with Crippen molar-refractivity contribution in [3.8, 4) is 17.1 Å². The molecule has 0 saturated heterocycles. The van der Waals surface area contributed by atoms with Crippen LogP contribution in [0.2, 0.25) is 0 Å². The third-order valence-corrected chi connectivity index (χ3v) is 2.94. The summed E-state index contributed by atoms with van der Waals surface area (Å²) in [4.78, 5) is 11.3. The van der Waals surface area contributed by atoms with Gasteiger partial charge in [0.05, 0.1) is 12.7 Å². The maximum absolute atomic E-state index is 14.0. The Hall–Kier alpha value is -2.51. The number of methoxy groups -OCH3 is 1. The van der Waals surface area contributed by atoms with Crippen molar-refractivity contribution in [1.82, 2.24) is 20.2 Å². The molecule has 2 aromatic rings. The molecule has 0 aliphatic carbocycles. The molecule has 0 unspecified atom stereocenters. The molecule has 0 radical (unpaired) electrons. The number of hydrogen-bond acceptors (Lipinski definition) is 5. The van der Waals surface area contributed by atoms with Gasteiger partial charge in [-0.2, -0.15) is 0 Å². The van der Waals surface area contributed by atoms with E-state index in [0.717, 1.165) is 4.68 Å². The summed E-state index contributed by atoms with van der Waals surface area (Å²) in [6.45, 7) is 2.84. The Bertz CT molecular complexity index is 654. The van der Waals surface area contributed by atoms with Crippen LogP contribution >= 0.6 is 0 Å². The minimum Gasteiger partial charge on any atom is -0.496 e. The fourth-order valence-corrected chi connectivity index (χ4v) is 1.70. The summed E-state index contributed by atoms with van der Waals surface area (Å²) >= 11 is 0. The molecule has 0 atom stereocenters. The van der Waals surface area contributed by atoms with Crippen molar-refractivity contribution in [3.63, 3.8) is 0 Å². The summed E-state index contributed by atoms with van der Waals surface area (Å²) < 4.78 is 20.2. The molecule has 0 bridgehead atoms. The van der Waals surface area contributed by atoms with Crippen LogP contribution in [-0.2, 0) is 10.3 Å². The molecule has 0 saturated carbocycles. The van der Waals surface area contributed by atoms with E-state index < -0.39 is 17.3 Å². The molecule has 8 heteroatoms.